The van der Waals surface area contributed by atoms with E-state index in [1.807, 2.05) is 46.4 Å². The molecule has 7 nitrogen and oxygen atoms in total. The first-order valence-electron chi connectivity index (χ1n) is 9.15. The Morgan fingerprint density at radius 2 is 2.16 bits per heavy atom. The Hall–Kier alpha value is -1.63. The van der Waals surface area contributed by atoms with E-state index in [0.717, 1.165) is 25.9 Å². The van der Waals surface area contributed by atoms with Crippen molar-refractivity contribution >= 4 is 6.09 Å². The summed E-state index contributed by atoms with van der Waals surface area (Å²) in [6, 6.07) is 0.115. The number of piperidine rings is 1. The molecule has 1 amide bonds. The highest BCUT2D eigenvalue weighted by Gasteiger charge is 2.29. The van der Waals surface area contributed by atoms with Crippen LogP contribution < -0.4 is 0 Å². The normalized spacial score (nSPS) is 19.2. The molecule has 1 saturated heterocycles. The number of aryl methyl sites for hydroxylation is 1. The van der Waals surface area contributed by atoms with Crippen molar-refractivity contribution in [3.8, 4) is 0 Å². The van der Waals surface area contributed by atoms with Crippen molar-refractivity contribution in [1.29, 1.82) is 0 Å². The first-order valence-corrected chi connectivity index (χ1v) is 9.15. The average molecular weight is 352 g/mol. The van der Waals surface area contributed by atoms with Crippen LogP contribution in [0.2, 0.25) is 0 Å². The lowest BCUT2D eigenvalue weighted by Gasteiger charge is -2.37. The molecule has 142 valence electrons. The SMILES string of the molecule is Cc1noc(CN2CCCC(CN(C(=O)OC(C)(C)C)C(C)C)C2)n1. The predicted octanol–water partition coefficient (Wildman–Crippen LogP) is 3.24. The lowest BCUT2D eigenvalue weighted by molar-refractivity contribution is 0.0115. The maximum Gasteiger partial charge on any atom is 0.410 e. The summed E-state index contributed by atoms with van der Waals surface area (Å²) in [4.78, 5) is 21.0. The molecule has 1 aliphatic heterocycles. The fraction of sp³-hybridized carbons (Fsp3) is 0.833. The smallest absolute Gasteiger partial charge is 0.410 e. The highest BCUT2D eigenvalue weighted by atomic mass is 16.6. The quantitative estimate of drug-likeness (QED) is 0.810. The monoisotopic (exact) mass is 352 g/mol. The van der Waals surface area contributed by atoms with Gasteiger partial charge in [0.25, 0.3) is 0 Å². The van der Waals surface area contributed by atoms with Crippen LogP contribution in [0.4, 0.5) is 4.79 Å². The van der Waals surface area contributed by atoms with Crippen molar-refractivity contribution in [1.82, 2.24) is 19.9 Å². The van der Waals surface area contributed by atoms with Gasteiger partial charge in [-0.3, -0.25) is 4.90 Å². The van der Waals surface area contributed by atoms with E-state index in [4.69, 9.17) is 9.26 Å². The number of rotatable bonds is 5. The van der Waals surface area contributed by atoms with Crippen LogP contribution in [0.1, 0.15) is 59.2 Å². The van der Waals surface area contributed by atoms with Crippen molar-refractivity contribution in [2.45, 2.75) is 72.6 Å². The Morgan fingerprint density at radius 1 is 1.44 bits per heavy atom. The fourth-order valence-electron chi connectivity index (χ4n) is 3.13. The van der Waals surface area contributed by atoms with Gasteiger partial charge in [0.05, 0.1) is 6.54 Å². The third kappa shape index (κ3) is 6.30. The molecule has 25 heavy (non-hydrogen) atoms. The minimum atomic E-state index is -0.474. The zero-order valence-corrected chi connectivity index (χ0v) is 16.4. The van der Waals surface area contributed by atoms with E-state index in [0.29, 0.717) is 30.7 Å². The van der Waals surface area contributed by atoms with Crippen molar-refractivity contribution in [3.05, 3.63) is 11.7 Å². The maximum atomic E-state index is 12.5. The average Bonchev–Trinajstić information content (AvgIpc) is 2.88. The molecule has 1 atom stereocenters. The second-order valence-electron chi connectivity index (χ2n) is 8.21. The van der Waals surface area contributed by atoms with Crippen LogP contribution in [-0.4, -0.2) is 57.3 Å². The molecule has 0 aliphatic carbocycles. The molecule has 0 aromatic carbocycles. The lowest BCUT2D eigenvalue weighted by Crippen LogP contribution is -2.46. The van der Waals surface area contributed by atoms with E-state index >= 15 is 0 Å². The first-order chi connectivity index (χ1) is 11.6. The van der Waals surface area contributed by atoms with Crippen LogP contribution in [0.25, 0.3) is 0 Å². The second-order valence-corrected chi connectivity index (χ2v) is 8.21. The third-order valence-corrected chi connectivity index (χ3v) is 4.24. The largest absolute Gasteiger partial charge is 0.444 e. The van der Waals surface area contributed by atoms with E-state index in [9.17, 15) is 4.79 Å². The summed E-state index contributed by atoms with van der Waals surface area (Å²) in [6.07, 6.45) is 2.00. The number of amides is 1. The Bertz CT molecular complexity index is 565. The predicted molar refractivity (Wildman–Crippen MR) is 95.1 cm³/mol. The summed E-state index contributed by atoms with van der Waals surface area (Å²) in [6.45, 7) is 14.9. The standard InChI is InChI=1S/C18H32N4O3/c1-13(2)22(17(23)24-18(4,5)6)11-15-8-7-9-21(10-15)12-16-19-14(3)20-25-16/h13,15H,7-12H2,1-6H3. The van der Waals surface area contributed by atoms with Crippen molar-refractivity contribution in [3.63, 3.8) is 0 Å². The highest BCUT2D eigenvalue weighted by Crippen LogP contribution is 2.21. The summed E-state index contributed by atoms with van der Waals surface area (Å²) < 4.78 is 10.8. The van der Waals surface area contributed by atoms with Gasteiger partial charge < -0.3 is 14.2 Å². The molecule has 0 bridgehead atoms. The number of nitrogens with zero attached hydrogens (tertiary/aromatic N) is 4. The third-order valence-electron chi connectivity index (χ3n) is 4.24. The first kappa shape index (κ1) is 19.7. The molecule has 1 aromatic rings. The Balaban J connectivity index is 1.93. The summed E-state index contributed by atoms with van der Waals surface area (Å²) in [5.41, 5.74) is -0.474. The van der Waals surface area contributed by atoms with Gasteiger partial charge in [0.15, 0.2) is 5.82 Å². The van der Waals surface area contributed by atoms with Gasteiger partial charge in [-0.15, -0.1) is 0 Å². The van der Waals surface area contributed by atoms with Crippen LogP contribution in [0.15, 0.2) is 4.52 Å². The molecule has 1 unspecified atom stereocenters. The Labute approximate surface area is 150 Å². The topological polar surface area (TPSA) is 71.7 Å². The van der Waals surface area contributed by atoms with Gasteiger partial charge in [-0.2, -0.15) is 4.98 Å². The van der Waals surface area contributed by atoms with Crippen LogP contribution in [-0.2, 0) is 11.3 Å². The van der Waals surface area contributed by atoms with Gasteiger partial charge in [0, 0.05) is 19.1 Å². The molecule has 0 spiro atoms. The molecule has 1 aliphatic rings. The number of carbonyl (C=O) groups excluding carboxylic acids is 1. The summed E-state index contributed by atoms with van der Waals surface area (Å²) in [5, 5.41) is 3.85. The Morgan fingerprint density at radius 3 is 2.72 bits per heavy atom. The van der Waals surface area contributed by atoms with Crippen molar-refractivity contribution in [2.24, 2.45) is 5.92 Å². The molecule has 2 rings (SSSR count). The van der Waals surface area contributed by atoms with E-state index in [1.54, 1.807) is 0 Å². The number of hydrogen-bond acceptors (Lipinski definition) is 6. The van der Waals surface area contributed by atoms with E-state index < -0.39 is 5.60 Å². The fourth-order valence-corrected chi connectivity index (χ4v) is 3.13. The molecular formula is C18H32N4O3. The molecular weight excluding hydrogens is 320 g/mol. The number of likely N-dealkylation sites (tertiary alicyclic amines) is 1. The summed E-state index contributed by atoms with van der Waals surface area (Å²) >= 11 is 0. The van der Waals surface area contributed by atoms with Crippen LogP contribution in [0.3, 0.4) is 0 Å². The minimum absolute atomic E-state index is 0.115. The molecule has 1 fully saturated rings. The van der Waals surface area contributed by atoms with Gasteiger partial charge in [0.2, 0.25) is 5.89 Å². The molecule has 1 aromatic heterocycles. The van der Waals surface area contributed by atoms with Gasteiger partial charge >= 0.3 is 6.09 Å². The maximum absolute atomic E-state index is 12.5. The summed E-state index contributed by atoms with van der Waals surface area (Å²) in [5.74, 6) is 1.75. The number of aromatic nitrogens is 2. The number of carbonyl (C=O) groups is 1. The molecule has 0 N–H and O–H groups in total. The second kappa shape index (κ2) is 8.17. The van der Waals surface area contributed by atoms with Gasteiger partial charge in [0.1, 0.15) is 5.60 Å². The van der Waals surface area contributed by atoms with Gasteiger partial charge in [-0.1, -0.05) is 5.16 Å². The van der Waals surface area contributed by atoms with E-state index in [-0.39, 0.29) is 12.1 Å². The van der Waals surface area contributed by atoms with Crippen molar-refractivity contribution < 1.29 is 14.1 Å². The summed E-state index contributed by atoms with van der Waals surface area (Å²) in [7, 11) is 0. The molecule has 0 saturated carbocycles. The minimum Gasteiger partial charge on any atom is -0.444 e. The molecule has 0 radical (unpaired) electrons. The number of hydrogen-bond donors (Lipinski definition) is 0. The lowest BCUT2D eigenvalue weighted by atomic mass is 9.97. The van der Waals surface area contributed by atoms with Crippen LogP contribution in [0.5, 0.6) is 0 Å². The number of ether oxygens (including phenoxy) is 1. The van der Waals surface area contributed by atoms with Crippen LogP contribution >= 0.6 is 0 Å². The van der Waals surface area contributed by atoms with Gasteiger partial charge in [-0.05, 0) is 66.8 Å². The van der Waals surface area contributed by atoms with Gasteiger partial charge in [-0.25, -0.2) is 4.79 Å². The van der Waals surface area contributed by atoms with Crippen LogP contribution in [0, 0.1) is 12.8 Å². The van der Waals surface area contributed by atoms with Crippen molar-refractivity contribution in [2.75, 3.05) is 19.6 Å². The van der Waals surface area contributed by atoms with E-state index in [1.165, 1.54) is 0 Å². The molecule has 2 heterocycles. The zero-order valence-electron chi connectivity index (χ0n) is 16.4. The molecule has 7 heteroatoms. The van der Waals surface area contributed by atoms with E-state index in [2.05, 4.69) is 15.0 Å². The Kier molecular flexibility index (Phi) is 6.43. The zero-order chi connectivity index (χ0) is 18.6. The highest BCUT2D eigenvalue weighted by molar-refractivity contribution is 5.68.